The lowest BCUT2D eigenvalue weighted by Gasteiger charge is -2.33. The summed E-state index contributed by atoms with van der Waals surface area (Å²) in [5, 5.41) is 0. The Labute approximate surface area is 128 Å². The third-order valence-electron chi connectivity index (χ3n) is 4.44. The summed E-state index contributed by atoms with van der Waals surface area (Å²) in [6, 6.07) is 6.27. The highest BCUT2D eigenvalue weighted by molar-refractivity contribution is 14.1. The van der Waals surface area contributed by atoms with Gasteiger partial charge in [-0.3, -0.25) is 4.79 Å². The molecule has 0 N–H and O–H groups in total. The summed E-state index contributed by atoms with van der Waals surface area (Å²) < 4.78 is 1.16. The normalized spacial score (nSPS) is 20.5. The zero-order valence-electron chi connectivity index (χ0n) is 11.2. The van der Waals surface area contributed by atoms with E-state index in [1.807, 2.05) is 6.07 Å². The Kier molecular flexibility index (Phi) is 4.10. The molecule has 1 saturated carbocycles. The second-order valence-corrected chi connectivity index (χ2v) is 7.05. The van der Waals surface area contributed by atoms with Gasteiger partial charge in [-0.15, -0.1) is 0 Å². The summed E-state index contributed by atoms with van der Waals surface area (Å²) in [7, 11) is 0. The van der Waals surface area contributed by atoms with Crippen molar-refractivity contribution in [1.82, 2.24) is 4.90 Å². The van der Waals surface area contributed by atoms with Gasteiger partial charge in [-0.25, -0.2) is 0 Å². The first-order chi connectivity index (χ1) is 9.24. The minimum Gasteiger partial charge on any atom is -0.338 e. The van der Waals surface area contributed by atoms with E-state index < -0.39 is 0 Å². The van der Waals surface area contributed by atoms with Crippen molar-refractivity contribution in [3.05, 3.63) is 32.9 Å². The standard InChI is InChI=1S/C16H20INO/c17-14-7-6-13-8-9-18(16(19)15(13)10-14)11-12-4-2-1-3-5-12/h6-7,10,12H,1-5,8-9,11H2. The Bertz CT molecular complexity index is 480. The molecule has 102 valence electrons. The van der Waals surface area contributed by atoms with Crippen LogP contribution in [0.3, 0.4) is 0 Å². The van der Waals surface area contributed by atoms with Crippen molar-refractivity contribution < 1.29 is 4.79 Å². The average Bonchev–Trinajstić information content (AvgIpc) is 2.44. The van der Waals surface area contributed by atoms with Crippen molar-refractivity contribution in [3.63, 3.8) is 0 Å². The van der Waals surface area contributed by atoms with Crippen LogP contribution < -0.4 is 0 Å². The van der Waals surface area contributed by atoms with Gasteiger partial charge in [0, 0.05) is 22.2 Å². The molecule has 0 atom stereocenters. The Balaban J connectivity index is 1.73. The van der Waals surface area contributed by atoms with Gasteiger partial charge in [0.25, 0.3) is 5.91 Å². The van der Waals surface area contributed by atoms with Gasteiger partial charge in [0.1, 0.15) is 0 Å². The Morgan fingerprint density at radius 2 is 2.00 bits per heavy atom. The van der Waals surface area contributed by atoms with E-state index in [4.69, 9.17) is 0 Å². The lowest BCUT2D eigenvalue weighted by atomic mass is 9.88. The first-order valence-corrected chi connectivity index (χ1v) is 8.39. The molecule has 0 aromatic heterocycles. The summed E-state index contributed by atoms with van der Waals surface area (Å²) in [5.74, 6) is 0.993. The summed E-state index contributed by atoms with van der Waals surface area (Å²) in [4.78, 5) is 14.7. The molecule has 3 rings (SSSR count). The molecule has 0 spiro atoms. The van der Waals surface area contributed by atoms with E-state index in [1.54, 1.807) is 0 Å². The Morgan fingerprint density at radius 3 is 2.79 bits per heavy atom. The fourth-order valence-electron chi connectivity index (χ4n) is 3.35. The predicted molar refractivity (Wildman–Crippen MR) is 85.3 cm³/mol. The number of halogens is 1. The number of rotatable bonds is 2. The van der Waals surface area contributed by atoms with Crippen LogP contribution in [-0.2, 0) is 6.42 Å². The molecule has 2 nitrogen and oxygen atoms in total. The largest absolute Gasteiger partial charge is 0.338 e. The summed E-state index contributed by atoms with van der Waals surface area (Å²) >= 11 is 2.29. The number of fused-ring (bicyclic) bond motifs is 1. The molecule has 2 aliphatic rings. The number of amides is 1. The highest BCUT2D eigenvalue weighted by atomic mass is 127. The molecular formula is C16H20INO. The molecule has 1 aliphatic carbocycles. The van der Waals surface area contributed by atoms with E-state index in [1.165, 1.54) is 37.7 Å². The number of carbonyl (C=O) groups is 1. The number of nitrogens with zero attached hydrogens (tertiary/aromatic N) is 1. The third-order valence-corrected chi connectivity index (χ3v) is 5.11. The predicted octanol–water partition coefficient (Wildman–Crippen LogP) is 3.87. The lowest BCUT2D eigenvalue weighted by Crippen LogP contribution is -2.41. The van der Waals surface area contributed by atoms with E-state index in [2.05, 4.69) is 39.6 Å². The molecular weight excluding hydrogens is 349 g/mol. The fraction of sp³-hybridized carbons (Fsp3) is 0.562. The van der Waals surface area contributed by atoms with Gasteiger partial charge in [0.2, 0.25) is 0 Å². The average molecular weight is 369 g/mol. The summed E-state index contributed by atoms with van der Waals surface area (Å²) in [6.07, 6.45) is 7.71. The Morgan fingerprint density at radius 1 is 1.21 bits per heavy atom. The van der Waals surface area contributed by atoms with Gasteiger partial charge < -0.3 is 4.90 Å². The first-order valence-electron chi connectivity index (χ1n) is 7.32. The Hall–Kier alpha value is -0.580. The molecule has 1 heterocycles. The maximum Gasteiger partial charge on any atom is 0.254 e. The fourth-order valence-corrected chi connectivity index (χ4v) is 3.84. The topological polar surface area (TPSA) is 20.3 Å². The van der Waals surface area contributed by atoms with Gasteiger partial charge >= 0.3 is 0 Å². The molecule has 0 saturated heterocycles. The highest BCUT2D eigenvalue weighted by Gasteiger charge is 2.26. The van der Waals surface area contributed by atoms with Crippen molar-refractivity contribution in [2.75, 3.05) is 13.1 Å². The van der Waals surface area contributed by atoms with Crippen molar-refractivity contribution in [2.45, 2.75) is 38.5 Å². The zero-order chi connectivity index (χ0) is 13.2. The van der Waals surface area contributed by atoms with E-state index in [9.17, 15) is 4.79 Å². The third kappa shape index (κ3) is 2.96. The molecule has 19 heavy (non-hydrogen) atoms. The molecule has 1 aliphatic heterocycles. The van der Waals surface area contributed by atoms with Crippen LogP contribution >= 0.6 is 22.6 Å². The number of hydrogen-bond acceptors (Lipinski definition) is 1. The minimum atomic E-state index is 0.255. The minimum absolute atomic E-state index is 0.255. The van der Waals surface area contributed by atoms with E-state index in [0.29, 0.717) is 0 Å². The van der Waals surface area contributed by atoms with Crippen LogP contribution in [-0.4, -0.2) is 23.9 Å². The van der Waals surface area contributed by atoms with Crippen molar-refractivity contribution >= 4 is 28.5 Å². The number of carbonyl (C=O) groups excluding carboxylic acids is 1. The van der Waals surface area contributed by atoms with Crippen LogP contribution in [0.2, 0.25) is 0 Å². The summed E-state index contributed by atoms with van der Waals surface area (Å²) in [5.41, 5.74) is 2.17. The van der Waals surface area contributed by atoms with Crippen molar-refractivity contribution in [3.8, 4) is 0 Å². The van der Waals surface area contributed by atoms with Crippen LogP contribution in [0.25, 0.3) is 0 Å². The van der Waals surface area contributed by atoms with Gasteiger partial charge in [-0.05, 0) is 65.5 Å². The molecule has 1 fully saturated rings. The smallest absolute Gasteiger partial charge is 0.254 e. The molecule has 3 heteroatoms. The molecule has 1 aromatic rings. The molecule has 1 aromatic carbocycles. The van der Waals surface area contributed by atoms with Crippen LogP contribution in [0.15, 0.2) is 18.2 Å². The SMILES string of the molecule is O=C1c2cc(I)ccc2CCN1CC1CCCCC1. The van der Waals surface area contributed by atoms with Crippen LogP contribution in [0.5, 0.6) is 0 Å². The van der Waals surface area contributed by atoms with E-state index in [0.717, 1.165) is 34.6 Å². The maximum absolute atomic E-state index is 12.6. The van der Waals surface area contributed by atoms with Crippen LogP contribution in [0, 0.1) is 9.49 Å². The monoisotopic (exact) mass is 369 g/mol. The van der Waals surface area contributed by atoms with Crippen LogP contribution in [0.1, 0.15) is 48.0 Å². The number of hydrogen-bond donors (Lipinski definition) is 0. The maximum atomic E-state index is 12.6. The van der Waals surface area contributed by atoms with Crippen molar-refractivity contribution in [1.29, 1.82) is 0 Å². The van der Waals surface area contributed by atoms with Crippen LogP contribution in [0.4, 0.5) is 0 Å². The lowest BCUT2D eigenvalue weighted by molar-refractivity contribution is 0.0697. The van der Waals surface area contributed by atoms with E-state index in [-0.39, 0.29) is 5.91 Å². The summed E-state index contributed by atoms with van der Waals surface area (Å²) in [6.45, 7) is 1.88. The zero-order valence-corrected chi connectivity index (χ0v) is 13.4. The quantitative estimate of drug-likeness (QED) is 0.725. The first kappa shape index (κ1) is 13.4. The number of benzene rings is 1. The van der Waals surface area contributed by atoms with Gasteiger partial charge in [-0.2, -0.15) is 0 Å². The second-order valence-electron chi connectivity index (χ2n) is 5.81. The van der Waals surface area contributed by atoms with Gasteiger partial charge in [0.05, 0.1) is 0 Å². The molecule has 0 radical (unpaired) electrons. The molecule has 0 bridgehead atoms. The molecule has 0 unspecified atom stereocenters. The van der Waals surface area contributed by atoms with Gasteiger partial charge in [-0.1, -0.05) is 25.3 Å². The van der Waals surface area contributed by atoms with Gasteiger partial charge in [0.15, 0.2) is 0 Å². The van der Waals surface area contributed by atoms with E-state index >= 15 is 0 Å². The highest BCUT2D eigenvalue weighted by Crippen LogP contribution is 2.27. The second kappa shape index (κ2) is 5.81. The van der Waals surface area contributed by atoms with Crippen molar-refractivity contribution in [2.24, 2.45) is 5.92 Å². The molecule has 1 amide bonds.